The fourth-order valence-electron chi connectivity index (χ4n) is 5.90. The van der Waals surface area contributed by atoms with Crippen molar-refractivity contribution in [1.29, 1.82) is 5.26 Å². The van der Waals surface area contributed by atoms with Gasteiger partial charge in [-0.3, -0.25) is 4.79 Å². The van der Waals surface area contributed by atoms with Crippen molar-refractivity contribution >= 4 is 36.8 Å². The normalized spacial score (nSPS) is 19.3. The van der Waals surface area contributed by atoms with Crippen molar-refractivity contribution < 1.29 is 27.8 Å². The minimum atomic E-state index is -2.65. The molecule has 0 radical (unpaired) electrons. The Morgan fingerprint density at radius 3 is 2.55 bits per heavy atom. The number of fused-ring (bicyclic) bond motifs is 3. The average Bonchev–Trinajstić information content (AvgIpc) is 3.34. The molecule has 0 atom stereocenters. The van der Waals surface area contributed by atoms with Gasteiger partial charge >= 0.3 is 6.09 Å². The summed E-state index contributed by atoms with van der Waals surface area (Å²) < 4.78 is 40.0. The zero-order chi connectivity index (χ0) is 32.2. The Balaban J connectivity index is 1.52. The monoisotopic (exact) mass is 632 g/mol. The highest BCUT2D eigenvalue weighted by atomic mass is 28.3. The third-order valence-corrected chi connectivity index (χ3v) is 9.83. The summed E-state index contributed by atoms with van der Waals surface area (Å²) in [7, 11) is -1.22. The van der Waals surface area contributed by atoms with Crippen molar-refractivity contribution in [3.8, 4) is 6.07 Å². The van der Waals surface area contributed by atoms with Gasteiger partial charge < -0.3 is 28.7 Å². The zero-order valence-corrected chi connectivity index (χ0v) is 27.8. The van der Waals surface area contributed by atoms with E-state index in [-0.39, 0.29) is 37.6 Å². The van der Waals surface area contributed by atoms with Crippen molar-refractivity contribution in [3.63, 3.8) is 0 Å². The third-order valence-electron chi connectivity index (χ3n) is 8.12. The van der Waals surface area contributed by atoms with Crippen LogP contribution >= 0.6 is 0 Å². The van der Waals surface area contributed by atoms with Crippen LogP contribution in [0, 0.1) is 17.2 Å². The first kappa shape index (κ1) is 33.6. The highest BCUT2D eigenvalue weighted by molar-refractivity contribution is 6.76. The summed E-state index contributed by atoms with van der Waals surface area (Å²) in [5, 5.41) is 10.3. The lowest BCUT2D eigenvalue weighted by atomic mass is 9.84. The fourth-order valence-corrected chi connectivity index (χ4v) is 6.65. The van der Waals surface area contributed by atoms with E-state index in [4.69, 9.17) is 9.47 Å². The van der Waals surface area contributed by atoms with E-state index in [9.17, 15) is 23.6 Å². The Kier molecular flexibility index (Phi) is 10.6. The van der Waals surface area contributed by atoms with Gasteiger partial charge in [-0.25, -0.2) is 18.6 Å². The number of hydrogen-bond acceptors (Lipinski definition) is 7. The van der Waals surface area contributed by atoms with E-state index in [1.165, 1.54) is 4.90 Å². The molecule has 2 aromatic rings. The summed E-state index contributed by atoms with van der Waals surface area (Å²) in [5.41, 5.74) is 1.23. The summed E-state index contributed by atoms with van der Waals surface area (Å²) in [4.78, 5) is 35.6. The van der Waals surface area contributed by atoms with E-state index >= 15 is 0 Å². The first-order valence-electron chi connectivity index (χ1n) is 15.4. The van der Waals surface area contributed by atoms with Gasteiger partial charge in [0.1, 0.15) is 24.5 Å². The van der Waals surface area contributed by atoms with Crippen LogP contribution in [0.25, 0.3) is 11.0 Å². The first-order chi connectivity index (χ1) is 20.7. The molecule has 3 heterocycles. The van der Waals surface area contributed by atoms with E-state index in [1.807, 2.05) is 16.8 Å². The van der Waals surface area contributed by atoms with Crippen LogP contribution in [0.1, 0.15) is 56.8 Å². The van der Waals surface area contributed by atoms with Crippen molar-refractivity contribution in [1.82, 2.24) is 19.4 Å². The zero-order valence-electron chi connectivity index (χ0n) is 26.8. The van der Waals surface area contributed by atoms with Gasteiger partial charge in [-0.2, -0.15) is 5.26 Å². The van der Waals surface area contributed by atoms with E-state index in [1.54, 1.807) is 27.0 Å². The van der Waals surface area contributed by atoms with Gasteiger partial charge in [0.25, 0.3) is 12.3 Å². The molecule has 0 aromatic carbocycles. The summed E-state index contributed by atoms with van der Waals surface area (Å²) in [6.45, 7) is 12.9. The van der Waals surface area contributed by atoms with Crippen LogP contribution in [0.2, 0.25) is 25.7 Å². The Morgan fingerprint density at radius 2 is 1.93 bits per heavy atom. The molecule has 242 valence electrons. The van der Waals surface area contributed by atoms with E-state index < -0.39 is 32.7 Å². The lowest BCUT2D eigenvalue weighted by Gasteiger charge is -2.44. The number of amides is 2. The minimum Gasteiger partial charge on any atom is -0.444 e. The van der Waals surface area contributed by atoms with E-state index in [0.29, 0.717) is 18.9 Å². The largest absolute Gasteiger partial charge is 0.444 e. The Labute approximate surface area is 259 Å². The van der Waals surface area contributed by atoms with Crippen LogP contribution in [0.15, 0.2) is 18.5 Å². The number of carbonyl (C=O) groups is 2. The molecular formula is C31H46F2N6O4Si. The predicted molar refractivity (Wildman–Crippen MR) is 167 cm³/mol. The predicted octanol–water partition coefficient (Wildman–Crippen LogP) is 6.15. The van der Waals surface area contributed by atoms with Crippen LogP contribution in [-0.4, -0.2) is 90.4 Å². The third kappa shape index (κ3) is 8.47. The molecule has 2 amide bonds. The second-order valence-corrected chi connectivity index (χ2v) is 19.7. The fraction of sp³-hybridized carbons (Fsp3) is 0.677. The lowest BCUT2D eigenvalue weighted by molar-refractivity contribution is 0.00498. The molecule has 1 saturated carbocycles. The Hall–Kier alpha value is -3.24. The Bertz CT molecular complexity index is 1360. The molecule has 1 aliphatic heterocycles. The molecule has 1 aliphatic carbocycles. The molecule has 0 unspecified atom stereocenters. The second-order valence-electron chi connectivity index (χ2n) is 14.1. The number of nitrogens with zero attached hydrogens (tertiary/aromatic N) is 6. The highest BCUT2D eigenvalue weighted by Gasteiger charge is 2.37. The standard InChI is InChI=1S/C31H46F2N6O4Si/c1-31(2,3)43-30(41)38(19-26(32)33)18-22-7-9-23(10-8-22)39-20-36(14-12-34)29(40)25-17-35-28-24(27(25)39)11-13-37(28)21-42-15-16-44(4,5)6/h11,13,17,22-23,26H,7-10,14-16,18-21H2,1-6H3. The highest BCUT2D eigenvalue weighted by Crippen LogP contribution is 2.39. The SMILES string of the molecule is CC(C)(C)OC(=O)N(CC(F)F)CC1CCC(N2CN(CC#N)C(=O)c3cnc4c(ccn4COCC[Si](C)(C)C)c32)CC1. The summed E-state index contributed by atoms with van der Waals surface area (Å²) in [6, 6.07) is 5.20. The number of alkyl halides is 2. The number of nitriles is 1. The minimum absolute atomic E-state index is 0.0351. The van der Waals surface area contributed by atoms with Crippen molar-refractivity contribution in [3.05, 3.63) is 24.0 Å². The quantitative estimate of drug-likeness (QED) is 0.166. The molecule has 13 heteroatoms. The number of ether oxygens (including phenoxy) is 2. The van der Waals surface area contributed by atoms with E-state index in [2.05, 4.69) is 35.6 Å². The van der Waals surface area contributed by atoms with Gasteiger partial charge in [0.2, 0.25) is 0 Å². The van der Waals surface area contributed by atoms with Crippen LogP contribution in [0.4, 0.5) is 19.3 Å². The second kappa shape index (κ2) is 13.8. The molecule has 0 saturated heterocycles. The maximum absolute atomic E-state index is 13.4. The van der Waals surface area contributed by atoms with Gasteiger partial charge in [0.05, 0.1) is 30.5 Å². The number of halogens is 2. The number of rotatable bonds is 11. The maximum Gasteiger partial charge on any atom is 0.410 e. The van der Waals surface area contributed by atoms with Gasteiger partial charge in [-0.1, -0.05) is 19.6 Å². The molecule has 2 aromatic heterocycles. The number of aromatic nitrogens is 2. The number of anilines is 1. The van der Waals surface area contributed by atoms with Crippen LogP contribution in [-0.2, 0) is 16.2 Å². The Morgan fingerprint density at radius 1 is 1.23 bits per heavy atom. The molecular weight excluding hydrogens is 586 g/mol. The summed E-state index contributed by atoms with van der Waals surface area (Å²) >= 11 is 0. The molecule has 0 N–H and O–H groups in total. The maximum atomic E-state index is 13.4. The first-order valence-corrected chi connectivity index (χ1v) is 19.1. The van der Waals surface area contributed by atoms with Crippen LogP contribution in [0.3, 0.4) is 0 Å². The number of pyridine rings is 1. The van der Waals surface area contributed by atoms with Crippen LogP contribution < -0.4 is 4.90 Å². The summed E-state index contributed by atoms with van der Waals surface area (Å²) in [6.07, 6.45) is 3.11. The molecule has 2 aliphatic rings. The van der Waals surface area contributed by atoms with E-state index in [0.717, 1.165) is 53.3 Å². The molecule has 10 nitrogen and oxygen atoms in total. The van der Waals surface area contributed by atoms with Crippen molar-refractivity contribution in [2.24, 2.45) is 5.92 Å². The molecule has 0 bridgehead atoms. The van der Waals surface area contributed by atoms with Crippen molar-refractivity contribution in [2.45, 2.75) is 96.9 Å². The average molecular weight is 633 g/mol. The number of hydrogen-bond donors (Lipinski definition) is 0. The van der Waals surface area contributed by atoms with Crippen molar-refractivity contribution in [2.75, 3.05) is 37.8 Å². The molecule has 4 rings (SSSR count). The topological polar surface area (TPSA) is 104 Å². The van der Waals surface area contributed by atoms with Gasteiger partial charge in [-0.05, 0) is 64.5 Å². The van der Waals surface area contributed by atoms with Crippen LogP contribution in [0.5, 0.6) is 0 Å². The molecule has 1 fully saturated rings. The molecule has 0 spiro atoms. The molecule has 44 heavy (non-hydrogen) atoms. The lowest BCUT2D eigenvalue weighted by Crippen LogP contribution is -2.52. The smallest absolute Gasteiger partial charge is 0.410 e. The van der Waals surface area contributed by atoms with Gasteiger partial charge in [0.15, 0.2) is 0 Å². The van der Waals surface area contributed by atoms with Gasteiger partial charge in [-0.15, -0.1) is 0 Å². The van der Waals surface area contributed by atoms with Gasteiger partial charge in [0, 0.05) is 45.0 Å². The summed E-state index contributed by atoms with van der Waals surface area (Å²) in [5.74, 6) is -0.175. The number of carbonyl (C=O) groups excluding carboxylic acids is 2.